The van der Waals surface area contributed by atoms with E-state index in [0.29, 0.717) is 30.9 Å². The summed E-state index contributed by atoms with van der Waals surface area (Å²) < 4.78 is 37.5. The molecule has 3 rings (SSSR count). The Hall–Kier alpha value is -1.70. The molecule has 0 bridgehead atoms. The van der Waals surface area contributed by atoms with E-state index in [1.165, 1.54) is 13.1 Å². The zero-order valence-corrected chi connectivity index (χ0v) is 11.3. The molecule has 1 N–H and O–H groups in total. The van der Waals surface area contributed by atoms with Gasteiger partial charge in [0.2, 0.25) is 5.82 Å². The van der Waals surface area contributed by atoms with Gasteiger partial charge in [-0.3, -0.25) is 9.69 Å². The second-order valence-corrected chi connectivity index (χ2v) is 5.69. The predicted molar refractivity (Wildman–Crippen MR) is 65.2 cm³/mol. The average molecular weight is 301 g/mol. The van der Waals surface area contributed by atoms with Gasteiger partial charge in [0.1, 0.15) is 0 Å². The van der Waals surface area contributed by atoms with E-state index in [9.17, 15) is 18.0 Å². The Balaban J connectivity index is 1.64. The number of alkyl halides is 3. The fourth-order valence-corrected chi connectivity index (χ4v) is 3.13. The molecule has 2 heterocycles. The Morgan fingerprint density at radius 2 is 2.05 bits per heavy atom. The lowest BCUT2D eigenvalue weighted by Gasteiger charge is -2.19. The van der Waals surface area contributed by atoms with Crippen LogP contribution in [0, 0.1) is 24.7 Å². The van der Waals surface area contributed by atoms with E-state index < -0.39 is 18.0 Å². The third-order valence-electron chi connectivity index (χ3n) is 4.28. The molecular weight excluding hydrogens is 287 g/mol. The van der Waals surface area contributed by atoms with Crippen molar-refractivity contribution in [1.82, 2.24) is 14.9 Å². The molecule has 2 fully saturated rings. The lowest BCUT2D eigenvalue weighted by Crippen LogP contribution is -2.26. The molecule has 0 radical (unpaired) electrons. The maximum Gasteiger partial charge on any atom is 0.451 e. The van der Waals surface area contributed by atoms with Gasteiger partial charge in [0, 0.05) is 37.1 Å². The number of carboxylic acid groups (broad SMARTS) is 1. The Morgan fingerprint density at radius 1 is 1.43 bits per heavy atom. The van der Waals surface area contributed by atoms with Gasteiger partial charge < -0.3 is 5.11 Å². The third kappa shape index (κ3) is 2.59. The average Bonchev–Trinajstić information content (AvgIpc) is 2.89. The molecule has 1 aromatic rings. The molecule has 1 saturated carbocycles. The van der Waals surface area contributed by atoms with Crippen molar-refractivity contribution in [2.45, 2.75) is 19.6 Å². The van der Waals surface area contributed by atoms with Crippen LogP contribution in [0.5, 0.6) is 0 Å². The van der Waals surface area contributed by atoms with Crippen molar-refractivity contribution in [3.8, 4) is 0 Å². The van der Waals surface area contributed by atoms with Crippen LogP contribution in [0.3, 0.4) is 0 Å². The number of hydrogen-bond donors (Lipinski definition) is 1. The second kappa shape index (κ2) is 4.66. The highest BCUT2D eigenvalue weighted by atomic mass is 19.4. The summed E-state index contributed by atoms with van der Waals surface area (Å²) in [6.45, 7) is 3.33. The van der Waals surface area contributed by atoms with Gasteiger partial charge in [0.15, 0.2) is 0 Å². The lowest BCUT2D eigenvalue weighted by molar-refractivity contribution is -0.145. The van der Waals surface area contributed by atoms with Crippen molar-refractivity contribution in [3.05, 3.63) is 23.3 Å². The van der Waals surface area contributed by atoms with Crippen LogP contribution >= 0.6 is 0 Å². The molecule has 114 valence electrons. The monoisotopic (exact) mass is 301 g/mol. The highest BCUT2D eigenvalue weighted by Crippen LogP contribution is 2.52. The van der Waals surface area contributed by atoms with Crippen molar-refractivity contribution < 1.29 is 23.1 Å². The van der Waals surface area contributed by atoms with Gasteiger partial charge in [-0.25, -0.2) is 9.97 Å². The fourth-order valence-electron chi connectivity index (χ4n) is 3.13. The van der Waals surface area contributed by atoms with E-state index >= 15 is 0 Å². The van der Waals surface area contributed by atoms with E-state index in [-0.39, 0.29) is 17.8 Å². The molecule has 1 aliphatic heterocycles. The van der Waals surface area contributed by atoms with Crippen LogP contribution in [0.4, 0.5) is 13.2 Å². The number of piperidine rings is 1. The predicted octanol–water partition coefficient (Wildman–Crippen LogP) is 1.57. The molecule has 3 atom stereocenters. The number of aromatic nitrogens is 2. The number of halogens is 3. The van der Waals surface area contributed by atoms with Gasteiger partial charge in [-0.2, -0.15) is 13.2 Å². The van der Waals surface area contributed by atoms with Crippen LogP contribution in [0.25, 0.3) is 0 Å². The van der Waals surface area contributed by atoms with Gasteiger partial charge in [-0.1, -0.05) is 0 Å². The van der Waals surface area contributed by atoms with Crippen molar-refractivity contribution in [2.24, 2.45) is 17.8 Å². The Kier molecular flexibility index (Phi) is 3.16. The Labute approximate surface area is 118 Å². The van der Waals surface area contributed by atoms with Crippen LogP contribution in [0.1, 0.15) is 17.1 Å². The Bertz CT molecular complexity index is 579. The molecule has 21 heavy (non-hydrogen) atoms. The first kappa shape index (κ1) is 14.2. The topological polar surface area (TPSA) is 66.3 Å². The highest BCUT2D eigenvalue weighted by molar-refractivity contribution is 5.74. The largest absolute Gasteiger partial charge is 0.481 e. The number of hydrogen-bond acceptors (Lipinski definition) is 4. The minimum Gasteiger partial charge on any atom is -0.481 e. The molecule has 1 saturated heterocycles. The first-order valence-corrected chi connectivity index (χ1v) is 6.62. The number of carboxylic acids is 1. The van der Waals surface area contributed by atoms with E-state index in [4.69, 9.17) is 5.11 Å². The van der Waals surface area contributed by atoms with E-state index in [1.54, 1.807) is 0 Å². The van der Waals surface area contributed by atoms with Crippen LogP contribution in [-0.2, 0) is 17.5 Å². The van der Waals surface area contributed by atoms with E-state index in [2.05, 4.69) is 9.97 Å². The first-order chi connectivity index (χ1) is 9.77. The summed E-state index contributed by atoms with van der Waals surface area (Å²) in [7, 11) is 0. The quantitative estimate of drug-likeness (QED) is 0.918. The van der Waals surface area contributed by atoms with Crippen LogP contribution in [0.2, 0.25) is 0 Å². The summed E-state index contributed by atoms with van der Waals surface area (Å²) in [5.41, 5.74) is 0.962. The molecule has 0 spiro atoms. The smallest absolute Gasteiger partial charge is 0.451 e. The molecule has 5 nitrogen and oxygen atoms in total. The fraction of sp³-hybridized carbons (Fsp3) is 0.615. The summed E-state index contributed by atoms with van der Waals surface area (Å²) in [6, 6.07) is 0. The van der Waals surface area contributed by atoms with Crippen molar-refractivity contribution in [1.29, 1.82) is 0 Å². The van der Waals surface area contributed by atoms with Crippen LogP contribution < -0.4 is 0 Å². The SMILES string of the molecule is Cc1nc(C(F)(F)F)ncc1CN1C[C@@H]2C(C(=O)O)[C@@H]2C1. The molecular formula is C13H14F3N3O2. The van der Waals surface area contributed by atoms with Crippen molar-refractivity contribution >= 4 is 5.97 Å². The minimum absolute atomic E-state index is 0.179. The van der Waals surface area contributed by atoms with Gasteiger partial charge in [-0.15, -0.1) is 0 Å². The lowest BCUT2D eigenvalue weighted by atomic mass is 10.2. The molecule has 2 aliphatic rings. The normalized spacial score (nSPS) is 28.5. The second-order valence-electron chi connectivity index (χ2n) is 5.69. The summed E-state index contributed by atoms with van der Waals surface area (Å²) >= 11 is 0. The summed E-state index contributed by atoms with van der Waals surface area (Å²) in [4.78, 5) is 19.8. The van der Waals surface area contributed by atoms with Crippen molar-refractivity contribution in [2.75, 3.05) is 13.1 Å². The standard InChI is InChI=1S/C13H14F3N3O2/c1-6-7(2-17-12(18-6)13(14,15)16)3-19-4-8-9(5-19)10(8)11(20)21/h2,8-10H,3-5H2,1H3,(H,20,21)/t8-,9+,10?. The van der Waals surface area contributed by atoms with Crippen LogP contribution in [-0.4, -0.2) is 39.0 Å². The molecule has 0 amide bonds. The number of likely N-dealkylation sites (tertiary alicyclic amines) is 1. The summed E-state index contributed by atoms with van der Waals surface area (Å²) in [5, 5.41) is 8.94. The zero-order valence-electron chi connectivity index (χ0n) is 11.3. The molecule has 1 aromatic heterocycles. The van der Waals surface area contributed by atoms with E-state index in [1.807, 2.05) is 4.90 Å². The van der Waals surface area contributed by atoms with Crippen LogP contribution in [0.15, 0.2) is 6.20 Å². The summed E-state index contributed by atoms with van der Waals surface area (Å²) in [6.07, 6.45) is -3.32. The molecule has 1 aliphatic carbocycles. The minimum atomic E-state index is -4.53. The van der Waals surface area contributed by atoms with E-state index in [0.717, 1.165) is 0 Å². The Morgan fingerprint density at radius 3 is 2.52 bits per heavy atom. The number of rotatable bonds is 3. The maximum absolute atomic E-state index is 12.5. The van der Waals surface area contributed by atoms with Gasteiger partial charge >= 0.3 is 12.1 Å². The number of aliphatic carboxylic acids is 1. The number of carbonyl (C=O) groups is 1. The number of fused-ring (bicyclic) bond motifs is 1. The number of nitrogens with zero attached hydrogens (tertiary/aromatic N) is 3. The summed E-state index contributed by atoms with van der Waals surface area (Å²) in [5.74, 6) is -1.76. The number of aryl methyl sites for hydroxylation is 1. The van der Waals surface area contributed by atoms with Crippen molar-refractivity contribution in [3.63, 3.8) is 0 Å². The highest BCUT2D eigenvalue weighted by Gasteiger charge is 2.59. The zero-order chi connectivity index (χ0) is 15.4. The van der Waals surface area contributed by atoms with Gasteiger partial charge in [-0.05, 0) is 18.8 Å². The molecule has 0 aromatic carbocycles. The molecule has 8 heteroatoms. The molecule has 1 unspecified atom stereocenters. The van der Waals surface area contributed by atoms with Gasteiger partial charge in [0.25, 0.3) is 0 Å². The first-order valence-electron chi connectivity index (χ1n) is 6.62. The maximum atomic E-state index is 12.5. The third-order valence-corrected chi connectivity index (χ3v) is 4.28. The van der Waals surface area contributed by atoms with Gasteiger partial charge in [0.05, 0.1) is 5.92 Å².